The Morgan fingerprint density at radius 1 is 1.05 bits per heavy atom. The molecule has 2 aliphatic heterocycles. The molecule has 0 spiro atoms. The Bertz CT molecular complexity index is 1290. The molecule has 5 rings (SSSR count). The lowest BCUT2D eigenvalue weighted by Crippen LogP contribution is -2.47. The van der Waals surface area contributed by atoms with Gasteiger partial charge in [-0.3, -0.25) is 19.5 Å². The van der Waals surface area contributed by atoms with E-state index in [0.717, 1.165) is 76.6 Å². The molecule has 10 heteroatoms. The molecule has 2 N–H and O–H groups in total. The predicted molar refractivity (Wildman–Crippen MR) is 143 cm³/mol. The van der Waals surface area contributed by atoms with Gasteiger partial charge in [0.1, 0.15) is 12.5 Å². The second-order valence-electron chi connectivity index (χ2n) is 9.53. The number of carbonyl (C=O) groups is 2. The van der Waals surface area contributed by atoms with Gasteiger partial charge in [0, 0.05) is 67.2 Å². The quantitative estimate of drug-likeness (QED) is 0.466. The van der Waals surface area contributed by atoms with Gasteiger partial charge < -0.3 is 15.1 Å². The monoisotopic (exact) mass is 526 g/mol. The van der Waals surface area contributed by atoms with E-state index in [1.165, 1.54) is 4.90 Å². The molecular weight excluding hydrogens is 495 g/mol. The number of fused-ring (bicyclic) bond motifs is 2. The van der Waals surface area contributed by atoms with Crippen molar-refractivity contribution < 1.29 is 24.2 Å². The summed E-state index contributed by atoms with van der Waals surface area (Å²) < 4.78 is 15.1. The summed E-state index contributed by atoms with van der Waals surface area (Å²) in [4.78, 5) is 31.5. The number of piperazine rings is 1. The van der Waals surface area contributed by atoms with Gasteiger partial charge in [-0.1, -0.05) is 12.1 Å². The molecular formula is C27H31FN4O4S. The first-order chi connectivity index (χ1) is 17.9. The molecule has 1 aromatic heterocycles. The first kappa shape index (κ1) is 25.4. The topological polar surface area (TPSA) is 87.6 Å². The summed E-state index contributed by atoms with van der Waals surface area (Å²) >= 11 is 1.56. The van der Waals surface area contributed by atoms with E-state index in [9.17, 15) is 24.2 Å². The minimum atomic E-state index is -1.16. The summed E-state index contributed by atoms with van der Waals surface area (Å²) in [5.41, 5.74) is 3.84. The highest BCUT2D eigenvalue weighted by Crippen LogP contribution is 2.33. The van der Waals surface area contributed by atoms with Crippen LogP contribution in [0.2, 0.25) is 0 Å². The number of amides is 2. The number of halogens is 1. The number of carboxylic acid groups (broad SMARTS) is 1. The second-order valence-corrected chi connectivity index (χ2v) is 10.5. The Kier molecular flexibility index (Phi) is 7.59. The maximum Gasteiger partial charge on any atom is 0.408 e. The highest BCUT2D eigenvalue weighted by Gasteiger charge is 2.28. The van der Waals surface area contributed by atoms with Gasteiger partial charge in [0.15, 0.2) is 0 Å². The van der Waals surface area contributed by atoms with Crippen molar-refractivity contribution in [3.8, 4) is 0 Å². The first-order valence-electron chi connectivity index (χ1n) is 12.6. The molecule has 0 aliphatic carbocycles. The lowest BCUT2D eigenvalue weighted by atomic mass is 9.98. The van der Waals surface area contributed by atoms with Crippen molar-refractivity contribution in [3.05, 3.63) is 58.7 Å². The molecule has 2 aromatic carbocycles. The van der Waals surface area contributed by atoms with Crippen molar-refractivity contribution in [2.45, 2.75) is 19.3 Å². The highest BCUT2D eigenvalue weighted by molar-refractivity contribution is 7.17. The van der Waals surface area contributed by atoms with E-state index in [0.29, 0.717) is 12.8 Å². The molecule has 2 aliphatic rings. The smallest absolute Gasteiger partial charge is 0.408 e. The van der Waals surface area contributed by atoms with E-state index >= 15 is 0 Å². The summed E-state index contributed by atoms with van der Waals surface area (Å²) in [6.45, 7) is 3.85. The van der Waals surface area contributed by atoms with Crippen LogP contribution in [-0.2, 0) is 17.6 Å². The lowest BCUT2D eigenvalue weighted by molar-refractivity contribution is -0.119. The van der Waals surface area contributed by atoms with Crippen LogP contribution in [0.4, 0.5) is 20.6 Å². The molecule has 2 amide bonds. The Morgan fingerprint density at radius 2 is 1.86 bits per heavy atom. The second kappa shape index (κ2) is 11.0. The molecule has 0 saturated carbocycles. The number of hydrogen-bond donors (Lipinski definition) is 2. The number of carbonyl (C=O) groups excluding carboxylic acids is 1. The van der Waals surface area contributed by atoms with Crippen molar-refractivity contribution in [1.82, 2.24) is 9.80 Å². The molecule has 0 bridgehead atoms. The van der Waals surface area contributed by atoms with Gasteiger partial charge in [0.2, 0.25) is 5.91 Å². The zero-order chi connectivity index (χ0) is 25.9. The van der Waals surface area contributed by atoms with Gasteiger partial charge in [-0.2, -0.15) is 0 Å². The first-order valence-corrected chi connectivity index (χ1v) is 13.5. The summed E-state index contributed by atoms with van der Waals surface area (Å²) in [6, 6.07) is 11.4. The molecule has 8 nitrogen and oxygen atoms in total. The third kappa shape index (κ3) is 5.56. The molecule has 196 valence electrons. The lowest BCUT2D eigenvalue weighted by Gasteiger charge is -2.36. The molecule has 3 heterocycles. The average Bonchev–Trinajstić information content (AvgIpc) is 3.36. The number of aryl methyl sites for hydroxylation is 1. The average molecular weight is 527 g/mol. The molecule has 0 atom stereocenters. The van der Waals surface area contributed by atoms with Crippen LogP contribution in [0.25, 0.3) is 10.1 Å². The van der Waals surface area contributed by atoms with Crippen LogP contribution < -0.4 is 9.80 Å². The summed E-state index contributed by atoms with van der Waals surface area (Å²) in [7, 11) is 0. The number of aliphatic hydroxyl groups is 1. The van der Waals surface area contributed by atoms with Crippen molar-refractivity contribution in [3.63, 3.8) is 0 Å². The predicted octanol–water partition coefficient (Wildman–Crippen LogP) is 3.61. The maximum absolute atomic E-state index is 14.1. The number of hydrogen-bond acceptors (Lipinski definition) is 6. The van der Waals surface area contributed by atoms with Crippen molar-refractivity contribution in [2.75, 3.05) is 62.3 Å². The highest BCUT2D eigenvalue weighted by atomic mass is 32.1. The number of nitrogens with zero attached hydrogens (tertiary/aromatic N) is 4. The molecule has 0 radical (unpaired) electrons. The molecule has 1 saturated heterocycles. The zero-order valence-corrected chi connectivity index (χ0v) is 21.4. The fourth-order valence-electron chi connectivity index (χ4n) is 5.19. The number of benzene rings is 2. The van der Waals surface area contributed by atoms with Crippen LogP contribution in [0.5, 0.6) is 0 Å². The number of thiophene rings is 1. The van der Waals surface area contributed by atoms with Crippen LogP contribution in [0.15, 0.2) is 41.8 Å². The van der Waals surface area contributed by atoms with E-state index in [2.05, 4.69) is 21.9 Å². The Labute approximate surface area is 219 Å². The third-order valence-corrected chi connectivity index (χ3v) is 8.11. The normalized spacial score (nSPS) is 16.3. The van der Waals surface area contributed by atoms with Gasteiger partial charge in [-0.15, -0.1) is 11.3 Å². The van der Waals surface area contributed by atoms with Gasteiger partial charge in [0.05, 0.1) is 6.61 Å². The third-order valence-electron chi connectivity index (χ3n) is 7.25. The number of anilines is 2. The van der Waals surface area contributed by atoms with E-state index in [1.54, 1.807) is 23.5 Å². The zero-order valence-electron chi connectivity index (χ0n) is 20.6. The van der Waals surface area contributed by atoms with E-state index in [-0.39, 0.29) is 31.5 Å². The van der Waals surface area contributed by atoms with Gasteiger partial charge in [-0.25, -0.2) is 9.18 Å². The molecule has 0 unspecified atom stereocenters. The molecule has 37 heavy (non-hydrogen) atoms. The van der Waals surface area contributed by atoms with E-state index in [1.807, 2.05) is 17.5 Å². The minimum Gasteiger partial charge on any atom is -0.465 e. The number of rotatable bonds is 8. The van der Waals surface area contributed by atoms with Crippen LogP contribution in [0.3, 0.4) is 0 Å². The fraction of sp³-hybridized carbons (Fsp3) is 0.407. The van der Waals surface area contributed by atoms with E-state index < -0.39 is 6.09 Å². The fourth-order valence-corrected chi connectivity index (χ4v) is 6.02. The standard InChI is InChI=1S/C27H31FN4O4S/c28-21-16-24(22-6-14-37-25(22)17-21)30-10-8-29(9-11-30)7-5-19-1-2-20-3-4-26(34)32(23(20)15-19)18-31(12-13-33)27(35)36/h1-2,6,14-17,33H,3-5,7-13,18H2,(H,35,36). The number of aliphatic hydroxyl groups excluding tert-OH is 1. The molecule has 3 aromatic rings. The summed E-state index contributed by atoms with van der Waals surface area (Å²) in [6.07, 6.45) is 0.620. The summed E-state index contributed by atoms with van der Waals surface area (Å²) in [5.74, 6) is -0.308. The van der Waals surface area contributed by atoms with Crippen LogP contribution in [0.1, 0.15) is 17.5 Å². The van der Waals surface area contributed by atoms with Crippen molar-refractivity contribution >= 4 is 44.8 Å². The minimum absolute atomic E-state index is 0.0479. The molecule has 1 fully saturated rings. The van der Waals surface area contributed by atoms with Gasteiger partial charge >= 0.3 is 6.09 Å². The maximum atomic E-state index is 14.1. The van der Waals surface area contributed by atoms with Crippen LogP contribution in [0, 0.1) is 5.82 Å². The Hall–Kier alpha value is -3.21. The largest absolute Gasteiger partial charge is 0.465 e. The van der Waals surface area contributed by atoms with Crippen molar-refractivity contribution in [2.24, 2.45) is 0 Å². The Balaban J connectivity index is 1.22. The van der Waals surface area contributed by atoms with Crippen molar-refractivity contribution in [1.29, 1.82) is 0 Å². The van der Waals surface area contributed by atoms with Gasteiger partial charge in [-0.05, 0) is 53.6 Å². The SMILES string of the molecule is O=C(O)N(CCO)CN1C(=O)CCc2ccc(CCN3CCN(c4cc(F)cc5sccc45)CC3)cc21. The van der Waals surface area contributed by atoms with E-state index in [4.69, 9.17) is 0 Å². The summed E-state index contributed by atoms with van der Waals surface area (Å²) in [5, 5.41) is 21.8. The van der Waals surface area contributed by atoms with Gasteiger partial charge in [0.25, 0.3) is 0 Å². The van der Waals surface area contributed by atoms with Crippen LogP contribution in [-0.4, -0.2) is 84.6 Å². The van der Waals surface area contributed by atoms with Crippen LogP contribution >= 0.6 is 11.3 Å². The Morgan fingerprint density at radius 3 is 2.62 bits per heavy atom.